The van der Waals surface area contributed by atoms with Crippen LogP contribution in [0.4, 0.5) is 5.69 Å². The molecule has 0 saturated carbocycles. The van der Waals surface area contributed by atoms with E-state index >= 15 is 0 Å². The van der Waals surface area contributed by atoms with E-state index < -0.39 is 11.0 Å². The molecule has 0 radical (unpaired) electrons. The molecule has 2 nitrogen and oxygen atoms in total. The van der Waals surface area contributed by atoms with Crippen LogP contribution in [0.1, 0.15) is 54.2 Å². The fraction of sp³-hybridized carbons (Fsp3) is 0.125. The van der Waals surface area contributed by atoms with E-state index in [9.17, 15) is 4.79 Å². The van der Waals surface area contributed by atoms with E-state index in [0.717, 1.165) is 28.0 Å². The molecule has 0 N–H and O–H groups in total. The minimum absolute atomic E-state index is 0.0398. The normalized spacial score (nSPS) is 14.4. The number of allylic oxidation sites excluding steroid dienone is 1. The summed E-state index contributed by atoms with van der Waals surface area (Å²) in [5.74, 6) is -0.0398. The molecule has 0 atom stereocenters. The lowest BCUT2D eigenvalue weighted by molar-refractivity contribution is -0.114. The average Bonchev–Trinajstić information content (AvgIpc) is 3.02. The monoisotopic (exact) mass is 545 g/mol. The minimum Gasteiger partial charge on any atom is -0.299 e. The molecule has 0 aliphatic carbocycles. The molecule has 1 aliphatic heterocycles. The van der Waals surface area contributed by atoms with Crippen molar-refractivity contribution in [3.05, 3.63) is 185 Å². The van der Waals surface area contributed by atoms with Crippen molar-refractivity contribution in [1.29, 1.82) is 0 Å². The Balaban J connectivity index is 1.56. The van der Waals surface area contributed by atoms with Crippen LogP contribution in [-0.4, -0.2) is 11.4 Å². The van der Waals surface area contributed by atoms with Gasteiger partial charge in [-0.1, -0.05) is 133 Å². The Bertz CT molecular complexity index is 1650. The Morgan fingerprint density at radius 2 is 1.12 bits per heavy atom. The van der Waals surface area contributed by atoms with E-state index in [4.69, 9.17) is 0 Å². The largest absolute Gasteiger partial charge is 0.299 e. The molecule has 42 heavy (non-hydrogen) atoms. The summed E-state index contributed by atoms with van der Waals surface area (Å²) in [4.78, 5) is 15.7. The first-order valence-corrected chi connectivity index (χ1v) is 14.5. The number of benzene rings is 5. The van der Waals surface area contributed by atoms with E-state index in [-0.39, 0.29) is 5.91 Å². The number of anilines is 1. The van der Waals surface area contributed by atoms with Crippen molar-refractivity contribution in [2.24, 2.45) is 0 Å². The van der Waals surface area contributed by atoms with E-state index in [2.05, 4.69) is 136 Å². The first-order valence-electron chi connectivity index (χ1n) is 14.5. The third-order valence-corrected chi connectivity index (χ3v) is 8.30. The number of amides is 1. The quantitative estimate of drug-likeness (QED) is 0.154. The number of rotatable bonds is 6. The SMILES string of the molecule is CC1=CC(C)(C)N(C(=O)/C=C/c2ccccc2)c2ccc(C(c3ccccc3)(c3ccccc3)c3ccccc3)cc21. The van der Waals surface area contributed by atoms with Crippen LogP contribution in [0.5, 0.6) is 0 Å². The summed E-state index contributed by atoms with van der Waals surface area (Å²) in [5, 5.41) is 0. The van der Waals surface area contributed by atoms with E-state index in [1.54, 1.807) is 6.08 Å². The Labute approximate surface area is 249 Å². The van der Waals surface area contributed by atoms with Crippen molar-refractivity contribution in [1.82, 2.24) is 0 Å². The van der Waals surface area contributed by atoms with Crippen molar-refractivity contribution < 1.29 is 4.79 Å². The highest BCUT2D eigenvalue weighted by Crippen LogP contribution is 2.48. The van der Waals surface area contributed by atoms with E-state index in [0.29, 0.717) is 0 Å². The second-order valence-electron chi connectivity index (χ2n) is 11.5. The molecule has 1 heterocycles. The van der Waals surface area contributed by atoms with Gasteiger partial charge in [-0.2, -0.15) is 0 Å². The van der Waals surface area contributed by atoms with Gasteiger partial charge < -0.3 is 0 Å². The molecule has 0 aromatic heterocycles. The van der Waals surface area contributed by atoms with Crippen LogP contribution in [0, 0.1) is 0 Å². The molecule has 0 spiro atoms. The summed E-state index contributed by atoms with van der Waals surface area (Å²) in [6.07, 6.45) is 5.79. The van der Waals surface area contributed by atoms with Crippen LogP contribution in [0.2, 0.25) is 0 Å². The molecule has 5 aromatic carbocycles. The van der Waals surface area contributed by atoms with Crippen LogP contribution in [-0.2, 0) is 10.2 Å². The van der Waals surface area contributed by atoms with Gasteiger partial charge in [0.2, 0.25) is 0 Å². The minimum atomic E-state index is -0.548. The smallest absolute Gasteiger partial charge is 0.251 e. The van der Waals surface area contributed by atoms with Crippen LogP contribution >= 0.6 is 0 Å². The van der Waals surface area contributed by atoms with Gasteiger partial charge in [-0.3, -0.25) is 9.69 Å². The molecule has 5 aromatic rings. The third-order valence-electron chi connectivity index (χ3n) is 8.30. The van der Waals surface area contributed by atoms with Crippen molar-refractivity contribution in [2.75, 3.05) is 4.90 Å². The van der Waals surface area contributed by atoms with Gasteiger partial charge in [-0.05, 0) is 72.4 Å². The molecular weight excluding hydrogens is 510 g/mol. The number of carbonyl (C=O) groups excluding carboxylic acids is 1. The highest BCUT2D eigenvalue weighted by Gasteiger charge is 2.40. The van der Waals surface area contributed by atoms with Crippen molar-refractivity contribution in [3.63, 3.8) is 0 Å². The van der Waals surface area contributed by atoms with Gasteiger partial charge in [0.05, 0.1) is 16.6 Å². The molecule has 1 amide bonds. The summed E-state index contributed by atoms with van der Waals surface area (Å²) < 4.78 is 0. The maximum atomic E-state index is 13.8. The molecule has 0 unspecified atom stereocenters. The lowest BCUT2D eigenvalue weighted by Gasteiger charge is -2.42. The fourth-order valence-corrected chi connectivity index (χ4v) is 6.54. The topological polar surface area (TPSA) is 20.3 Å². The predicted octanol–water partition coefficient (Wildman–Crippen LogP) is 9.31. The van der Waals surface area contributed by atoms with Gasteiger partial charge >= 0.3 is 0 Å². The first-order chi connectivity index (χ1) is 20.4. The molecule has 0 saturated heterocycles. The van der Waals surface area contributed by atoms with Crippen molar-refractivity contribution in [2.45, 2.75) is 31.7 Å². The van der Waals surface area contributed by atoms with Gasteiger partial charge in [0.25, 0.3) is 5.91 Å². The van der Waals surface area contributed by atoms with Crippen molar-refractivity contribution in [3.8, 4) is 0 Å². The standard InChI is InChI=1S/C40H35NO/c1-30-29-39(2,3)41(38(42)27-24-31-16-8-4-9-17-31)37-26-25-35(28-36(30)37)40(32-18-10-5-11-19-32,33-20-12-6-13-21-33)34-22-14-7-15-23-34/h4-29H,1-3H3/b27-24+. The number of hydrogen-bond donors (Lipinski definition) is 0. The van der Waals surface area contributed by atoms with Gasteiger partial charge in [0, 0.05) is 11.6 Å². The van der Waals surface area contributed by atoms with Gasteiger partial charge in [0.15, 0.2) is 0 Å². The second-order valence-corrected chi connectivity index (χ2v) is 11.5. The third kappa shape index (κ3) is 4.80. The zero-order valence-corrected chi connectivity index (χ0v) is 24.4. The number of nitrogens with zero attached hydrogens (tertiary/aromatic N) is 1. The van der Waals surface area contributed by atoms with E-state index in [1.165, 1.54) is 16.7 Å². The lowest BCUT2D eigenvalue weighted by atomic mass is 9.64. The zero-order valence-electron chi connectivity index (χ0n) is 24.4. The van der Waals surface area contributed by atoms with Gasteiger partial charge in [-0.15, -0.1) is 0 Å². The molecular formula is C40H35NO. The predicted molar refractivity (Wildman–Crippen MR) is 175 cm³/mol. The summed E-state index contributed by atoms with van der Waals surface area (Å²) in [6.45, 7) is 6.36. The Hall–Kier alpha value is -4.95. The highest BCUT2D eigenvalue weighted by molar-refractivity contribution is 6.08. The summed E-state index contributed by atoms with van der Waals surface area (Å²) >= 11 is 0. The lowest BCUT2D eigenvalue weighted by Crippen LogP contribution is -2.48. The Morgan fingerprint density at radius 3 is 1.62 bits per heavy atom. The molecule has 0 bridgehead atoms. The molecule has 6 rings (SSSR count). The van der Waals surface area contributed by atoms with Crippen LogP contribution < -0.4 is 4.90 Å². The van der Waals surface area contributed by atoms with Gasteiger partial charge in [0.1, 0.15) is 0 Å². The van der Waals surface area contributed by atoms with Gasteiger partial charge in [-0.25, -0.2) is 0 Å². The number of fused-ring (bicyclic) bond motifs is 1. The molecule has 1 aliphatic rings. The zero-order chi connectivity index (χ0) is 29.2. The van der Waals surface area contributed by atoms with Crippen molar-refractivity contribution >= 4 is 23.2 Å². The molecule has 0 fully saturated rings. The van der Waals surface area contributed by atoms with E-state index in [1.807, 2.05) is 41.3 Å². The number of carbonyl (C=O) groups is 1. The summed E-state index contributed by atoms with van der Waals surface area (Å²) in [5.41, 5.74) is 7.87. The highest BCUT2D eigenvalue weighted by atomic mass is 16.2. The second kappa shape index (κ2) is 11.1. The molecule has 2 heteroatoms. The molecule has 206 valence electrons. The maximum Gasteiger partial charge on any atom is 0.251 e. The first kappa shape index (κ1) is 27.2. The van der Waals surface area contributed by atoms with Crippen LogP contribution in [0.25, 0.3) is 11.6 Å². The fourth-order valence-electron chi connectivity index (χ4n) is 6.54. The van der Waals surface area contributed by atoms with Crippen LogP contribution in [0.3, 0.4) is 0 Å². The van der Waals surface area contributed by atoms with Crippen LogP contribution in [0.15, 0.2) is 152 Å². The summed E-state index contributed by atoms with van der Waals surface area (Å²) in [6, 6.07) is 48.8. The Morgan fingerprint density at radius 1 is 0.643 bits per heavy atom. The average molecular weight is 546 g/mol. The Kier molecular flexibility index (Phi) is 7.22. The summed E-state index contributed by atoms with van der Waals surface area (Å²) in [7, 11) is 0. The maximum absolute atomic E-state index is 13.8. The number of hydrogen-bond acceptors (Lipinski definition) is 1.